The van der Waals surface area contributed by atoms with Gasteiger partial charge in [0.1, 0.15) is 5.76 Å². The van der Waals surface area contributed by atoms with Crippen LogP contribution in [0, 0.1) is 6.92 Å². The highest BCUT2D eigenvalue weighted by Gasteiger charge is 2.26. The van der Waals surface area contributed by atoms with Crippen LogP contribution >= 0.6 is 0 Å². The molecule has 106 valence electrons. The summed E-state index contributed by atoms with van der Waals surface area (Å²) in [6.07, 6.45) is 3.38. The van der Waals surface area contributed by atoms with Crippen molar-refractivity contribution in [3.05, 3.63) is 11.8 Å². The van der Waals surface area contributed by atoms with Gasteiger partial charge in [-0.25, -0.2) is 0 Å². The van der Waals surface area contributed by atoms with Crippen molar-refractivity contribution in [1.29, 1.82) is 0 Å². The highest BCUT2D eigenvalue weighted by atomic mass is 16.5. The lowest BCUT2D eigenvalue weighted by Gasteiger charge is -2.37. The van der Waals surface area contributed by atoms with Gasteiger partial charge in [-0.2, -0.15) is 0 Å². The number of carbonyl (C=O) groups excluding carboxylic acids is 1. The molecule has 0 bridgehead atoms. The normalized spacial score (nSPS) is 22.2. The van der Waals surface area contributed by atoms with Crippen molar-refractivity contribution < 1.29 is 9.32 Å². The van der Waals surface area contributed by atoms with Crippen molar-refractivity contribution in [2.24, 2.45) is 5.73 Å². The molecule has 2 heterocycles. The van der Waals surface area contributed by atoms with E-state index in [1.165, 1.54) is 6.42 Å². The van der Waals surface area contributed by atoms with Crippen molar-refractivity contribution in [1.82, 2.24) is 10.1 Å². The van der Waals surface area contributed by atoms with Crippen molar-refractivity contribution in [3.8, 4) is 0 Å². The number of carbonyl (C=O) groups is 1. The van der Waals surface area contributed by atoms with Crippen LogP contribution in [0.25, 0.3) is 0 Å². The summed E-state index contributed by atoms with van der Waals surface area (Å²) in [6.45, 7) is 5.08. The molecular weight excluding hydrogens is 244 g/mol. The topological polar surface area (TPSA) is 84.4 Å². The van der Waals surface area contributed by atoms with E-state index in [-0.39, 0.29) is 11.9 Å². The van der Waals surface area contributed by atoms with Crippen LogP contribution in [0.1, 0.15) is 31.9 Å². The Kier molecular flexibility index (Phi) is 4.55. The first-order valence-electron chi connectivity index (χ1n) is 6.79. The number of piperidine rings is 1. The van der Waals surface area contributed by atoms with Crippen LogP contribution in [0.4, 0.5) is 5.82 Å². The molecule has 1 fully saturated rings. The number of nitrogens with one attached hydrogen (secondary N) is 1. The summed E-state index contributed by atoms with van der Waals surface area (Å²) in [7, 11) is 0. The van der Waals surface area contributed by atoms with E-state index >= 15 is 0 Å². The SMILES string of the molecule is Cc1cc(NC(=O)CN2CCCCC2C(C)N)no1. The molecule has 2 atom stereocenters. The number of amides is 1. The number of likely N-dealkylation sites (tertiary alicyclic amines) is 1. The molecule has 1 amide bonds. The molecular formula is C13H22N4O2. The minimum absolute atomic E-state index is 0.0687. The first-order chi connectivity index (χ1) is 9.06. The van der Waals surface area contributed by atoms with Gasteiger partial charge in [-0.15, -0.1) is 0 Å². The molecule has 2 unspecified atom stereocenters. The molecule has 0 saturated carbocycles. The third-order valence-corrected chi connectivity index (χ3v) is 3.51. The molecule has 6 nitrogen and oxygen atoms in total. The molecule has 1 aromatic rings. The molecule has 3 N–H and O–H groups in total. The number of aromatic nitrogens is 1. The molecule has 6 heteroatoms. The third kappa shape index (κ3) is 3.78. The lowest BCUT2D eigenvalue weighted by atomic mass is 9.97. The molecule has 0 aliphatic carbocycles. The van der Waals surface area contributed by atoms with Crippen LogP contribution in [0.5, 0.6) is 0 Å². The average Bonchev–Trinajstić information content (AvgIpc) is 2.75. The number of rotatable bonds is 4. The van der Waals surface area contributed by atoms with Crippen molar-refractivity contribution in [3.63, 3.8) is 0 Å². The molecule has 0 radical (unpaired) electrons. The van der Waals surface area contributed by atoms with Crippen molar-refractivity contribution in [2.45, 2.75) is 45.2 Å². The summed E-state index contributed by atoms with van der Waals surface area (Å²) < 4.78 is 4.92. The summed E-state index contributed by atoms with van der Waals surface area (Å²) in [5.41, 5.74) is 5.99. The average molecular weight is 266 g/mol. The molecule has 19 heavy (non-hydrogen) atoms. The number of aryl methyl sites for hydroxylation is 1. The molecule has 2 rings (SSSR count). The number of nitrogens with zero attached hydrogens (tertiary/aromatic N) is 2. The Morgan fingerprint density at radius 1 is 1.68 bits per heavy atom. The molecule has 0 spiro atoms. The predicted octanol–water partition coefficient (Wildman–Crippen LogP) is 1.12. The fraction of sp³-hybridized carbons (Fsp3) is 0.692. The first-order valence-corrected chi connectivity index (χ1v) is 6.79. The first kappa shape index (κ1) is 14.0. The maximum Gasteiger partial charge on any atom is 0.239 e. The van der Waals surface area contributed by atoms with Gasteiger partial charge in [0.15, 0.2) is 5.82 Å². The maximum absolute atomic E-state index is 12.0. The second-order valence-electron chi connectivity index (χ2n) is 5.26. The van der Waals surface area contributed by atoms with E-state index in [4.69, 9.17) is 10.3 Å². The summed E-state index contributed by atoms with van der Waals surface area (Å²) >= 11 is 0. The minimum Gasteiger partial charge on any atom is -0.360 e. The maximum atomic E-state index is 12.0. The summed E-state index contributed by atoms with van der Waals surface area (Å²) in [5, 5.41) is 6.50. The molecule has 1 saturated heterocycles. The van der Waals surface area contributed by atoms with Gasteiger partial charge in [0.2, 0.25) is 5.91 Å². The van der Waals surface area contributed by atoms with Crippen LogP contribution in [0.15, 0.2) is 10.6 Å². The van der Waals surface area contributed by atoms with Gasteiger partial charge in [0, 0.05) is 18.2 Å². The monoisotopic (exact) mass is 266 g/mol. The van der Waals surface area contributed by atoms with E-state index < -0.39 is 0 Å². The summed E-state index contributed by atoms with van der Waals surface area (Å²) in [4.78, 5) is 14.1. The summed E-state index contributed by atoms with van der Waals surface area (Å²) in [5.74, 6) is 1.08. The zero-order valence-corrected chi connectivity index (χ0v) is 11.6. The van der Waals surface area contributed by atoms with Crippen LogP contribution in [0.2, 0.25) is 0 Å². The highest BCUT2D eigenvalue weighted by molar-refractivity contribution is 5.91. The van der Waals surface area contributed by atoms with Gasteiger partial charge >= 0.3 is 0 Å². The van der Waals surface area contributed by atoms with Gasteiger partial charge in [0.25, 0.3) is 0 Å². The lowest BCUT2D eigenvalue weighted by molar-refractivity contribution is -0.118. The van der Waals surface area contributed by atoms with Gasteiger partial charge in [0.05, 0.1) is 6.54 Å². The Bertz CT molecular complexity index is 430. The number of hydrogen-bond donors (Lipinski definition) is 2. The Hall–Kier alpha value is -1.40. The van der Waals surface area contributed by atoms with Crippen molar-refractivity contribution >= 4 is 11.7 Å². The smallest absolute Gasteiger partial charge is 0.239 e. The van der Waals surface area contributed by atoms with Crippen LogP contribution in [0.3, 0.4) is 0 Å². The van der Waals surface area contributed by atoms with E-state index in [0.717, 1.165) is 19.4 Å². The summed E-state index contributed by atoms with van der Waals surface area (Å²) in [6, 6.07) is 2.08. The molecule has 1 aliphatic rings. The molecule has 1 aliphatic heterocycles. The van der Waals surface area contributed by atoms with E-state index in [9.17, 15) is 4.79 Å². The van der Waals surface area contributed by atoms with Gasteiger partial charge in [-0.1, -0.05) is 11.6 Å². The van der Waals surface area contributed by atoms with Crippen LogP contribution in [-0.4, -0.2) is 41.1 Å². The Morgan fingerprint density at radius 2 is 2.47 bits per heavy atom. The molecule has 1 aromatic heterocycles. The second kappa shape index (κ2) is 6.16. The predicted molar refractivity (Wildman–Crippen MR) is 72.7 cm³/mol. The second-order valence-corrected chi connectivity index (χ2v) is 5.26. The quantitative estimate of drug-likeness (QED) is 0.853. The Balaban J connectivity index is 1.89. The number of anilines is 1. The number of hydrogen-bond acceptors (Lipinski definition) is 5. The highest BCUT2D eigenvalue weighted by Crippen LogP contribution is 2.18. The number of nitrogens with two attached hydrogens (primary N) is 1. The van der Waals surface area contributed by atoms with Crippen molar-refractivity contribution in [2.75, 3.05) is 18.4 Å². The van der Waals surface area contributed by atoms with E-state index in [1.807, 2.05) is 6.92 Å². The van der Waals surface area contributed by atoms with Gasteiger partial charge in [-0.05, 0) is 33.2 Å². The minimum atomic E-state index is -0.0687. The zero-order valence-electron chi connectivity index (χ0n) is 11.6. The van der Waals surface area contributed by atoms with E-state index in [2.05, 4.69) is 15.4 Å². The fourth-order valence-corrected chi connectivity index (χ4v) is 2.60. The van der Waals surface area contributed by atoms with Gasteiger partial charge in [-0.3, -0.25) is 9.69 Å². The third-order valence-electron chi connectivity index (χ3n) is 3.51. The zero-order chi connectivity index (χ0) is 13.8. The largest absolute Gasteiger partial charge is 0.360 e. The Morgan fingerprint density at radius 3 is 3.11 bits per heavy atom. The fourth-order valence-electron chi connectivity index (χ4n) is 2.60. The van der Waals surface area contributed by atoms with Crippen LogP contribution in [-0.2, 0) is 4.79 Å². The van der Waals surface area contributed by atoms with E-state index in [1.54, 1.807) is 13.0 Å². The lowest BCUT2D eigenvalue weighted by Crippen LogP contribution is -2.51. The standard InChI is InChI=1S/C13H22N4O2/c1-9-7-12(16-19-9)15-13(18)8-17-6-4-3-5-11(17)10(2)14/h7,10-11H,3-6,8,14H2,1-2H3,(H,15,16,18). The molecule has 0 aromatic carbocycles. The van der Waals surface area contributed by atoms with Crippen LogP contribution < -0.4 is 11.1 Å². The van der Waals surface area contributed by atoms with Gasteiger partial charge < -0.3 is 15.6 Å². The van der Waals surface area contributed by atoms with E-state index in [0.29, 0.717) is 24.2 Å². The Labute approximate surface area is 113 Å².